The Morgan fingerprint density at radius 3 is 2.60 bits per heavy atom. The molecule has 0 unspecified atom stereocenters. The molecule has 1 N–H and O–H groups in total. The summed E-state index contributed by atoms with van der Waals surface area (Å²) in [6.45, 7) is 0. The number of pyridine rings is 1. The molecule has 10 heavy (non-hydrogen) atoms. The zero-order valence-electron chi connectivity index (χ0n) is 4.94. The molecule has 52 valence electrons. The van der Waals surface area contributed by atoms with Crippen molar-refractivity contribution in [1.82, 2.24) is 4.98 Å². The molecule has 0 fully saturated rings. The van der Waals surface area contributed by atoms with E-state index in [9.17, 15) is 0 Å². The standard InChI is InChI=1S/C6H4Cl2N2/c7-5-3-10-2-4(1-9)6(5)8/h1-3,9H. The van der Waals surface area contributed by atoms with E-state index in [0.717, 1.165) is 6.21 Å². The first-order valence-electron chi connectivity index (χ1n) is 2.55. The van der Waals surface area contributed by atoms with Crippen LogP contribution in [0.2, 0.25) is 10.0 Å². The number of hydrogen-bond donors (Lipinski definition) is 1. The number of hydrogen-bond acceptors (Lipinski definition) is 2. The van der Waals surface area contributed by atoms with E-state index in [-0.39, 0.29) is 0 Å². The quantitative estimate of drug-likeness (QED) is 0.653. The molecule has 0 aliphatic carbocycles. The van der Waals surface area contributed by atoms with E-state index in [4.69, 9.17) is 28.6 Å². The van der Waals surface area contributed by atoms with E-state index in [1.54, 1.807) is 0 Å². The van der Waals surface area contributed by atoms with Crippen LogP contribution in [0, 0.1) is 5.41 Å². The molecule has 0 aliphatic heterocycles. The van der Waals surface area contributed by atoms with Gasteiger partial charge in [-0.2, -0.15) is 0 Å². The summed E-state index contributed by atoms with van der Waals surface area (Å²) in [4.78, 5) is 3.75. The van der Waals surface area contributed by atoms with Gasteiger partial charge >= 0.3 is 0 Å². The molecule has 0 saturated carbocycles. The zero-order chi connectivity index (χ0) is 7.56. The highest BCUT2D eigenvalue weighted by Gasteiger charge is 2.00. The maximum absolute atomic E-state index is 6.87. The average Bonchev–Trinajstić information content (AvgIpc) is 1.95. The molecule has 0 spiro atoms. The van der Waals surface area contributed by atoms with E-state index in [1.165, 1.54) is 12.4 Å². The maximum atomic E-state index is 6.87. The zero-order valence-corrected chi connectivity index (χ0v) is 6.45. The number of nitrogens with zero attached hydrogens (tertiary/aromatic N) is 1. The smallest absolute Gasteiger partial charge is 0.0782 e. The molecule has 1 aromatic rings. The lowest BCUT2D eigenvalue weighted by Crippen LogP contribution is -1.83. The lowest BCUT2D eigenvalue weighted by molar-refractivity contribution is 1.32. The van der Waals surface area contributed by atoms with E-state index >= 15 is 0 Å². The van der Waals surface area contributed by atoms with Gasteiger partial charge in [-0.3, -0.25) is 4.98 Å². The highest BCUT2D eigenvalue weighted by molar-refractivity contribution is 6.43. The fourth-order valence-corrected chi connectivity index (χ4v) is 0.852. The summed E-state index contributed by atoms with van der Waals surface area (Å²) < 4.78 is 0. The Morgan fingerprint density at radius 2 is 2.10 bits per heavy atom. The fraction of sp³-hybridized carbons (Fsp3) is 0. The van der Waals surface area contributed by atoms with E-state index < -0.39 is 0 Å². The Morgan fingerprint density at radius 1 is 1.40 bits per heavy atom. The highest BCUT2D eigenvalue weighted by Crippen LogP contribution is 2.22. The van der Waals surface area contributed by atoms with Crippen LogP contribution in [0.3, 0.4) is 0 Å². The van der Waals surface area contributed by atoms with Gasteiger partial charge in [0, 0.05) is 24.2 Å². The van der Waals surface area contributed by atoms with Crippen molar-refractivity contribution in [2.24, 2.45) is 0 Å². The van der Waals surface area contributed by atoms with Gasteiger partial charge in [0.15, 0.2) is 0 Å². The molecule has 0 bridgehead atoms. The predicted octanol–water partition coefficient (Wildman–Crippen LogP) is 2.39. The van der Waals surface area contributed by atoms with Crippen LogP contribution in [0.25, 0.3) is 0 Å². The van der Waals surface area contributed by atoms with E-state index in [2.05, 4.69) is 4.98 Å². The van der Waals surface area contributed by atoms with Crippen molar-refractivity contribution >= 4 is 29.4 Å². The molecule has 0 radical (unpaired) electrons. The third-order valence-electron chi connectivity index (χ3n) is 1.02. The first kappa shape index (κ1) is 7.51. The molecule has 1 heterocycles. The van der Waals surface area contributed by atoms with Gasteiger partial charge in [-0.1, -0.05) is 23.2 Å². The number of aromatic nitrogens is 1. The molecular formula is C6H4Cl2N2. The number of nitrogens with one attached hydrogen (secondary N) is 1. The molecule has 0 atom stereocenters. The minimum absolute atomic E-state index is 0.377. The third kappa shape index (κ3) is 1.28. The Hall–Kier alpha value is -0.600. The van der Waals surface area contributed by atoms with E-state index in [0.29, 0.717) is 15.6 Å². The van der Waals surface area contributed by atoms with Crippen LogP contribution < -0.4 is 0 Å². The van der Waals surface area contributed by atoms with Gasteiger partial charge in [0.1, 0.15) is 0 Å². The topological polar surface area (TPSA) is 36.7 Å². The van der Waals surface area contributed by atoms with Crippen molar-refractivity contribution in [2.75, 3.05) is 0 Å². The molecule has 1 aromatic heterocycles. The van der Waals surface area contributed by atoms with Crippen LogP contribution in [0.1, 0.15) is 5.56 Å². The van der Waals surface area contributed by atoms with Gasteiger partial charge < -0.3 is 5.41 Å². The summed E-state index contributed by atoms with van der Waals surface area (Å²) in [6, 6.07) is 0. The van der Waals surface area contributed by atoms with Crippen LogP contribution in [0.15, 0.2) is 12.4 Å². The van der Waals surface area contributed by atoms with Crippen molar-refractivity contribution in [1.29, 1.82) is 5.41 Å². The van der Waals surface area contributed by atoms with Gasteiger partial charge in [-0.05, 0) is 0 Å². The van der Waals surface area contributed by atoms with Crippen LogP contribution in [0.5, 0.6) is 0 Å². The summed E-state index contributed by atoms with van der Waals surface area (Å²) in [6.07, 6.45) is 4.04. The second-order valence-electron chi connectivity index (χ2n) is 1.67. The number of rotatable bonds is 1. The highest BCUT2D eigenvalue weighted by atomic mass is 35.5. The minimum atomic E-state index is 0.377. The Bertz CT molecular complexity index is 260. The summed E-state index contributed by atoms with van der Waals surface area (Å²) >= 11 is 11.3. The van der Waals surface area contributed by atoms with Crippen molar-refractivity contribution in [3.8, 4) is 0 Å². The number of halogens is 2. The molecule has 4 heteroatoms. The van der Waals surface area contributed by atoms with Crippen LogP contribution in [0.4, 0.5) is 0 Å². The predicted molar refractivity (Wildman–Crippen MR) is 42.1 cm³/mol. The second-order valence-corrected chi connectivity index (χ2v) is 2.45. The van der Waals surface area contributed by atoms with Crippen LogP contribution in [-0.4, -0.2) is 11.2 Å². The Labute approximate surface area is 68.3 Å². The molecule has 0 amide bonds. The van der Waals surface area contributed by atoms with Crippen LogP contribution >= 0.6 is 23.2 Å². The molecule has 1 rings (SSSR count). The average molecular weight is 175 g/mol. The second kappa shape index (κ2) is 2.99. The first-order chi connectivity index (χ1) is 4.75. The van der Waals surface area contributed by atoms with Crippen molar-refractivity contribution in [2.45, 2.75) is 0 Å². The summed E-state index contributed by atoms with van der Waals surface area (Å²) in [5.41, 5.74) is 0.536. The lowest BCUT2D eigenvalue weighted by Gasteiger charge is -1.95. The molecule has 0 aromatic carbocycles. The maximum Gasteiger partial charge on any atom is 0.0782 e. The molecule has 0 saturated heterocycles. The SMILES string of the molecule is N=Cc1cncc(Cl)c1Cl. The monoisotopic (exact) mass is 174 g/mol. The summed E-state index contributed by atoms with van der Waals surface area (Å²) in [7, 11) is 0. The molecule has 0 aliphatic rings. The van der Waals surface area contributed by atoms with Crippen LogP contribution in [-0.2, 0) is 0 Å². The van der Waals surface area contributed by atoms with Gasteiger partial charge in [0.05, 0.1) is 10.0 Å². The van der Waals surface area contributed by atoms with Gasteiger partial charge in [-0.15, -0.1) is 0 Å². The Balaban J connectivity index is 3.27. The largest absolute Gasteiger partial charge is 0.308 e. The van der Waals surface area contributed by atoms with Gasteiger partial charge in [0.2, 0.25) is 0 Å². The van der Waals surface area contributed by atoms with Gasteiger partial charge in [0.25, 0.3) is 0 Å². The first-order valence-corrected chi connectivity index (χ1v) is 3.30. The minimum Gasteiger partial charge on any atom is -0.308 e. The third-order valence-corrected chi connectivity index (χ3v) is 1.83. The summed E-state index contributed by atoms with van der Waals surface area (Å²) in [5, 5.41) is 7.63. The van der Waals surface area contributed by atoms with Crippen molar-refractivity contribution < 1.29 is 0 Å². The lowest BCUT2D eigenvalue weighted by atomic mass is 10.3. The fourth-order valence-electron chi connectivity index (χ4n) is 0.535. The normalized spacial score (nSPS) is 9.40. The molecular weight excluding hydrogens is 171 g/mol. The summed E-state index contributed by atoms with van der Waals surface area (Å²) in [5.74, 6) is 0. The molecule has 2 nitrogen and oxygen atoms in total. The van der Waals surface area contributed by atoms with Crippen molar-refractivity contribution in [3.05, 3.63) is 28.0 Å². The Kier molecular flexibility index (Phi) is 2.25. The van der Waals surface area contributed by atoms with Gasteiger partial charge in [-0.25, -0.2) is 0 Å². The van der Waals surface area contributed by atoms with E-state index in [1.807, 2.05) is 0 Å². The van der Waals surface area contributed by atoms with Crippen molar-refractivity contribution in [3.63, 3.8) is 0 Å².